The highest BCUT2D eigenvalue weighted by molar-refractivity contribution is 5.97. The molecule has 1 aliphatic heterocycles. The molecule has 4 nitrogen and oxygen atoms in total. The van der Waals surface area contributed by atoms with E-state index in [1.807, 2.05) is 13.8 Å². The number of rotatable bonds is 2. The van der Waals surface area contributed by atoms with Gasteiger partial charge in [-0.1, -0.05) is 6.92 Å². The third kappa shape index (κ3) is 2.71. The molecule has 20 heavy (non-hydrogen) atoms. The Morgan fingerprint density at radius 2 is 2.05 bits per heavy atom. The average Bonchev–Trinajstić information content (AvgIpc) is 2.66. The topological polar surface area (TPSA) is 59.2 Å². The van der Waals surface area contributed by atoms with Gasteiger partial charge in [-0.05, 0) is 31.4 Å². The summed E-state index contributed by atoms with van der Waals surface area (Å²) in [5, 5.41) is 0. The van der Waals surface area contributed by atoms with Gasteiger partial charge >= 0.3 is 6.18 Å². The Balaban J connectivity index is 2.50. The summed E-state index contributed by atoms with van der Waals surface area (Å²) in [5.41, 5.74) is 4.25. The van der Waals surface area contributed by atoms with Crippen molar-refractivity contribution in [2.45, 2.75) is 32.5 Å². The first kappa shape index (κ1) is 14.6. The van der Waals surface area contributed by atoms with Crippen LogP contribution in [0.25, 0.3) is 0 Å². The van der Waals surface area contributed by atoms with Gasteiger partial charge in [0.1, 0.15) is 11.5 Å². The van der Waals surface area contributed by atoms with Gasteiger partial charge in [0.15, 0.2) is 0 Å². The van der Waals surface area contributed by atoms with Crippen LogP contribution in [0.4, 0.5) is 19.0 Å². The molecule has 1 fully saturated rings. The molecule has 110 valence electrons. The summed E-state index contributed by atoms with van der Waals surface area (Å²) in [6.07, 6.45) is -3.70. The highest BCUT2D eigenvalue weighted by Gasteiger charge is 2.36. The van der Waals surface area contributed by atoms with Gasteiger partial charge in [0.2, 0.25) is 0 Å². The number of nitrogens with two attached hydrogens (primary N) is 1. The SMILES string of the molecule is CC1CC(C)N(c2nc(C(F)(F)F)ccc2C(N)=O)C1. The van der Waals surface area contributed by atoms with Gasteiger partial charge in [0.05, 0.1) is 5.56 Å². The van der Waals surface area contributed by atoms with Crippen LogP contribution in [0, 0.1) is 5.92 Å². The molecule has 1 aromatic rings. The first-order valence-electron chi connectivity index (χ1n) is 6.35. The molecular formula is C13H16F3N3O. The van der Waals surface area contributed by atoms with Crippen molar-refractivity contribution in [3.63, 3.8) is 0 Å². The summed E-state index contributed by atoms with van der Waals surface area (Å²) < 4.78 is 38.3. The van der Waals surface area contributed by atoms with E-state index in [2.05, 4.69) is 4.98 Å². The average molecular weight is 287 g/mol. The Labute approximate surface area is 114 Å². The molecule has 0 spiro atoms. The molecule has 2 N–H and O–H groups in total. The molecule has 0 saturated carbocycles. The molecule has 0 aliphatic carbocycles. The molecule has 0 aromatic carbocycles. The summed E-state index contributed by atoms with van der Waals surface area (Å²) in [7, 11) is 0. The maximum Gasteiger partial charge on any atom is 0.433 e. The first-order valence-corrected chi connectivity index (χ1v) is 6.35. The molecule has 1 amide bonds. The zero-order valence-corrected chi connectivity index (χ0v) is 11.2. The number of hydrogen-bond donors (Lipinski definition) is 1. The standard InChI is InChI=1S/C13H16F3N3O/c1-7-5-8(2)19(6-7)12-9(11(17)20)3-4-10(18-12)13(14,15)16/h3-4,7-8H,5-6H2,1-2H3,(H2,17,20). The van der Waals surface area contributed by atoms with Crippen molar-refractivity contribution >= 4 is 11.7 Å². The number of carbonyl (C=O) groups excluding carboxylic acids is 1. The Morgan fingerprint density at radius 3 is 2.50 bits per heavy atom. The fraction of sp³-hybridized carbons (Fsp3) is 0.538. The number of aromatic nitrogens is 1. The molecule has 7 heteroatoms. The van der Waals surface area contributed by atoms with Crippen molar-refractivity contribution in [1.82, 2.24) is 4.98 Å². The van der Waals surface area contributed by atoms with Gasteiger partial charge in [0.25, 0.3) is 5.91 Å². The van der Waals surface area contributed by atoms with Crippen LogP contribution in [0.1, 0.15) is 36.3 Å². The van der Waals surface area contributed by atoms with Gasteiger partial charge in [-0.25, -0.2) is 4.98 Å². The van der Waals surface area contributed by atoms with Crippen LogP contribution in [0.3, 0.4) is 0 Å². The van der Waals surface area contributed by atoms with E-state index < -0.39 is 17.8 Å². The monoisotopic (exact) mass is 287 g/mol. The Bertz CT molecular complexity index is 530. The van der Waals surface area contributed by atoms with Crippen molar-refractivity contribution < 1.29 is 18.0 Å². The van der Waals surface area contributed by atoms with Crippen molar-refractivity contribution in [3.8, 4) is 0 Å². The number of alkyl halides is 3. The maximum absolute atomic E-state index is 12.8. The highest BCUT2D eigenvalue weighted by Crippen LogP contribution is 2.34. The lowest BCUT2D eigenvalue weighted by atomic mass is 10.1. The van der Waals surface area contributed by atoms with Crippen LogP contribution in [-0.2, 0) is 6.18 Å². The quantitative estimate of drug-likeness (QED) is 0.908. The summed E-state index contributed by atoms with van der Waals surface area (Å²) in [5.74, 6) is -0.403. The van der Waals surface area contributed by atoms with Gasteiger partial charge in [0, 0.05) is 12.6 Å². The molecule has 2 atom stereocenters. The van der Waals surface area contributed by atoms with E-state index in [4.69, 9.17) is 5.73 Å². The van der Waals surface area contributed by atoms with Crippen molar-refractivity contribution in [1.29, 1.82) is 0 Å². The van der Waals surface area contributed by atoms with Crippen LogP contribution >= 0.6 is 0 Å². The molecule has 2 rings (SSSR count). The fourth-order valence-electron chi connectivity index (χ4n) is 2.61. The Hall–Kier alpha value is -1.79. The lowest BCUT2D eigenvalue weighted by Crippen LogP contribution is -2.31. The normalized spacial score (nSPS) is 23.1. The number of hydrogen-bond acceptors (Lipinski definition) is 3. The molecule has 0 radical (unpaired) electrons. The number of nitrogens with zero attached hydrogens (tertiary/aromatic N) is 2. The van der Waals surface area contributed by atoms with Gasteiger partial charge < -0.3 is 10.6 Å². The summed E-state index contributed by atoms with van der Waals surface area (Å²) >= 11 is 0. The van der Waals surface area contributed by atoms with Crippen LogP contribution in [0.2, 0.25) is 0 Å². The predicted molar refractivity (Wildman–Crippen MR) is 68.3 cm³/mol. The van der Waals surface area contributed by atoms with Gasteiger partial charge in [-0.3, -0.25) is 4.79 Å². The van der Waals surface area contributed by atoms with E-state index in [9.17, 15) is 18.0 Å². The predicted octanol–water partition coefficient (Wildman–Crippen LogP) is 2.43. The second kappa shape index (κ2) is 4.96. The third-order valence-corrected chi connectivity index (χ3v) is 3.49. The van der Waals surface area contributed by atoms with E-state index in [-0.39, 0.29) is 17.4 Å². The van der Waals surface area contributed by atoms with E-state index in [1.54, 1.807) is 4.90 Å². The van der Waals surface area contributed by atoms with Crippen LogP contribution in [0.5, 0.6) is 0 Å². The number of carbonyl (C=O) groups is 1. The van der Waals surface area contributed by atoms with Crippen molar-refractivity contribution in [3.05, 3.63) is 23.4 Å². The largest absolute Gasteiger partial charge is 0.433 e. The second-order valence-electron chi connectivity index (χ2n) is 5.27. The zero-order valence-electron chi connectivity index (χ0n) is 11.2. The lowest BCUT2D eigenvalue weighted by molar-refractivity contribution is -0.141. The summed E-state index contributed by atoms with van der Waals surface area (Å²) in [6.45, 7) is 4.47. The minimum absolute atomic E-state index is 0.0268. The lowest BCUT2D eigenvalue weighted by Gasteiger charge is -2.25. The van der Waals surface area contributed by atoms with Crippen LogP contribution < -0.4 is 10.6 Å². The fourth-order valence-corrected chi connectivity index (χ4v) is 2.61. The minimum atomic E-state index is -4.54. The Morgan fingerprint density at radius 1 is 1.40 bits per heavy atom. The molecule has 1 saturated heterocycles. The second-order valence-corrected chi connectivity index (χ2v) is 5.27. The van der Waals surface area contributed by atoms with Gasteiger partial charge in [-0.15, -0.1) is 0 Å². The number of anilines is 1. The highest BCUT2D eigenvalue weighted by atomic mass is 19.4. The molecule has 1 aliphatic rings. The molecule has 0 bridgehead atoms. The minimum Gasteiger partial charge on any atom is -0.365 e. The van der Waals surface area contributed by atoms with Gasteiger partial charge in [-0.2, -0.15) is 13.2 Å². The molecule has 2 unspecified atom stereocenters. The molecule has 1 aromatic heterocycles. The van der Waals surface area contributed by atoms with Crippen LogP contribution in [-0.4, -0.2) is 23.5 Å². The number of halogens is 3. The molecular weight excluding hydrogens is 271 g/mol. The third-order valence-electron chi connectivity index (χ3n) is 3.49. The summed E-state index contributed by atoms with van der Waals surface area (Å²) in [4.78, 5) is 16.8. The number of pyridine rings is 1. The smallest absolute Gasteiger partial charge is 0.365 e. The van der Waals surface area contributed by atoms with E-state index in [0.717, 1.165) is 18.6 Å². The molecule has 2 heterocycles. The summed E-state index contributed by atoms with van der Waals surface area (Å²) in [6, 6.07) is 1.91. The van der Waals surface area contributed by atoms with E-state index in [0.29, 0.717) is 12.5 Å². The number of primary amides is 1. The van der Waals surface area contributed by atoms with Crippen molar-refractivity contribution in [2.24, 2.45) is 11.7 Å². The van der Waals surface area contributed by atoms with Crippen molar-refractivity contribution in [2.75, 3.05) is 11.4 Å². The van der Waals surface area contributed by atoms with E-state index in [1.165, 1.54) is 0 Å². The van der Waals surface area contributed by atoms with Crippen LogP contribution in [0.15, 0.2) is 12.1 Å². The Kier molecular flexibility index (Phi) is 3.62. The van der Waals surface area contributed by atoms with E-state index >= 15 is 0 Å². The first-order chi connectivity index (χ1) is 9.20. The number of amides is 1. The maximum atomic E-state index is 12.8. The zero-order chi connectivity index (χ0) is 15.1.